The average Bonchev–Trinajstić information content (AvgIpc) is 3.05. The highest BCUT2D eigenvalue weighted by atomic mass is 35.5. The number of rotatable bonds is 3. The highest BCUT2D eigenvalue weighted by molar-refractivity contribution is 7.14. The first-order valence-corrected chi connectivity index (χ1v) is 9.77. The number of thiazole rings is 1. The molecule has 4 aromatic rings. The maximum Gasteiger partial charge on any atom is 0.260 e. The van der Waals surface area contributed by atoms with Crippen molar-refractivity contribution in [2.24, 2.45) is 7.05 Å². The lowest BCUT2D eigenvalue weighted by atomic mass is 10.1. The number of pyridine rings is 1. The van der Waals surface area contributed by atoms with Gasteiger partial charge in [-0.25, -0.2) is 4.98 Å². The maximum atomic E-state index is 12.8. The zero-order valence-electron chi connectivity index (χ0n) is 15.2. The zero-order chi connectivity index (χ0) is 19.1. The molecule has 0 aliphatic rings. The topological polar surface area (TPSA) is 46.9 Å². The minimum Gasteiger partial charge on any atom is -0.332 e. The van der Waals surface area contributed by atoms with Gasteiger partial charge < -0.3 is 9.88 Å². The molecule has 1 N–H and O–H groups in total. The van der Waals surface area contributed by atoms with Crippen LogP contribution >= 0.6 is 22.9 Å². The van der Waals surface area contributed by atoms with Gasteiger partial charge in [0, 0.05) is 23.5 Å². The fourth-order valence-electron chi connectivity index (χ4n) is 3.31. The minimum absolute atomic E-state index is 0.112. The number of anilines is 2. The van der Waals surface area contributed by atoms with Crippen LogP contribution in [0.25, 0.3) is 22.2 Å². The van der Waals surface area contributed by atoms with E-state index < -0.39 is 0 Å². The third kappa shape index (κ3) is 3.36. The Morgan fingerprint density at radius 2 is 1.85 bits per heavy atom. The number of nitrogens with one attached hydrogen (secondary N) is 1. The third-order valence-electron chi connectivity index (χ3n) is 4.44. The van der Waals surface area contributed by atoms with E-state index in [1.165, 1.54) is 22.5 Å². The van der Waals surface area contributed by atoms with Crippen molar-refractivity contribution in [3.63, 3.8) is 0 Å². The molecule has 4 rings (SSSR count). The summed E-state index contributed by atoms with van der Waals surface area (Å²) in [5.41, 5.74) is 5.22. The van der Waals surface area contributed by atoms with E-state index in [9.17, 15) is 4.79 Å². The lowest BCUT2D eigenvalue weighted by Gasteiger charge is -2.09. The number of benzene rings is 2. The van der Waals surface area contributed by atoms with Gasteiger partial charge in [-0.15, -0.1) is 11.3 Å². The van der Waals surface area contributed by atoms with Crippen LogP contribution in [0, 0.1) is 13.8 Å². The van der Waals surface area contributed by atoms with Crippen LogP contribution in [0.5, 0.6) is 0 Å². The second-order valence-electron chi connectivity index (χ2n) is 6.64. The van der Waals surface area contributed by atoms with E-state index in [-0.39, 0.29) is 5.56 Å². The summed E-state index contributed by atoms with van der Waals surface area (Å²) in [5.74, 6) is 0. The Morgan fingerprint density at radius 1 is 1.11 bits per heavy atom. The van der Waals surface area contributed by atoms with E-state index in [1.807, 2.05) is 23.6 Å². The van der Waals surface area contributed by atoms with Crippen molar-refractivity contribution in [3.8, 4) is 11.3 Å². The molecule has 0 atom stereocenters. The van der Waals surface area contributed by atoms with Gasteiger partial charge in [-0.2, -0.15) is 0 Å². The second-order valence-corrected chi connectivity index (χ2v) is 7.90. The summed E-state index contributed by atoms with van der Waals surface area (Å²) in [4.78, 5) is 17.5. The highest BCUT2D eigenvalue weighted by Gasteiger charge is 2.14. The summed E-state index contributed by atoms with van der Waals surface area (Å²) in [6.45, 7) is 4.13. The quantitative estimate of drug-likeness (QED) is 0.485. The molecule has 27 heavy (non-hydrogen) atoms. The predicted octanol–water partition coefficient (Wildman–Crippen LogP) is 5.68. The van der Waals surface area contributed by atoms with Gasteiger partial charge in [-0.3, -0.25) is 4.79 Å². The molecule has 2 aromatic carbocycles. The van der Waals surface area contributed by atoms with Crippen molar-refractivity contribution >= 4 is 44.7 Å². The number of aryl methyl sites for hydroxylation is 3. The number of hydrogen-bond donors (Lipinski definition) is 1. The van der Waals surface area contributed by atoms with Crippen molar-refractivity contribution in [3.05, 3.63) is 74.3 Å². The summed E-state index contributed by atoms with van der Waals surface area (Å²) in [6.07, 6.45) is 0. The van der Waals surface area contributed by atoms with Crippen LogP contribution < -0.4 is 10.9 Å². The fourth-order valence-corrected chi connectivity index (χ4v) is 4.35. The van der Waals surface area contributed by atoms with Crippen molar-refractivity contribution < 1.29 is 0 Å². The van der Waals surface area contributed by atoms with Gasteiger partial charge in [-0.05, 0) is 49.2 Å². The predicted molar refractivity (Wildman–Crippen MR) is 115 cm³/mol. The van der Waals surface area contributed by atoms with Gasteiger partial charge in [0.05, 0.1) is 21.8 Å². The first-order chi connectivity index (χ1) is 12.9. The summed E-state index contributed by atoms with van der Waals surface area (Å²) in [5, 5.41) is 7.46. The van der Waals surface area contributed by atoms with Gasteiger partial charge in [-0.1, -0.05) is 29.8 Å². The van der Waals surface area contributed by atoms with Crippen molar-refractivity contribution in [2.75, 3.05) is 5.32 Å². The van der Waals surface area contributed by atoms with Gasteiger partial charge in [0.25, 0.3) is 5.56 Å². The van der Waals surface area contributed by atoms with Gasteiger partial charge in [0.15, 0.2) is 5.13 Å². The van der Waals surface area contributed by atoms with Crippen molar-refractivity contribution in [2.45, 2.75) is 13.8 Å². The molecule has 0 saturated carbocycles. The number of fused-ring (bicyclic) bond motifs is 1. The smallest absolute Gasteiger partial charge is 0.260 e. The maximum absolute atomic E-state index is 12.8. The molecule has 0 radical (unpaired) electrons. The number of aromatic nitrogens is 2. The first-order valence-electron chi connectivity index (χ1n) is 8.52. The molecule has 0 saturated heterocycles. The number of nitrogens with zero attached hydrogens (tertiary/aromatic N) is 2. The molecular formula is C21H18ClN3OS. The van der Waals surface area contributed by atoms with Crippen LogP contribution in [0.3, 0.4) is 0 Å². The average molecular weight is 396 g/mol. The molecule has 0 amide bonds. The lowest BCUT2D eigenvalue weighted by Crippen LogP contribution is -2.19. The first kappa shape index (κ1) is 17.8. The van der Waals surface area contributed by atoms with Crippen molar-refractivity contribution in [1.82, 2.24) is 9.55 Å². The SMILES string of the molecule is Cc1cc(C)cc(Nc2nc(-c3cc4cccc(Cl)c4n(C)c3=O)cs2)c1. The fraction of sp³-hybridized carbons (Fsp3) is 0.143. The Labute approximate surface area is 166 Å². The molecule has 6 heteroatoms. The van der Waals surface area contributed by atoms with Crippen LogP contribution in [-0.2, 0) is 7.05 Å². The molecule has 0 aliphatic carbocycles. The largest absolute Gasteiger partial charge is 0.332 e. The van der Waals surface area contributed by atoms with Gasteiger partial charge >= 0.3 is 0 Å². The summed E-state index contributed by atoms with van der Waals surface area (Å²) < 4.78 is 1.59. The van der Waals surface area contributed by atoms with Crippen LogP contribution in [0.4, 0.5) is 10.8 Å². The molecule has 0 unspecified atom stereocenters. The standard InChI is InChI=1S/C21H18ClN3OS/c1-12-7-13(2)9-15(8-12)23-21-24-18(11-27-21)16-10-14-5-4-6-17(22)19(14)25(3)20(16)26/h4-11H,1-3H3,(H,23,24). The Morgan fingerprint density at radius 3 is 2.59 bits per heavy atom. The zero-order valence-corrected chi connectivity index (χ0v) is 16.8. The van der Waals surface area contributed by atoms with Crippen LogP contribution in [0.1, 0.15) is 11.1 Å². The molecule has 2 heterocycles. The monoisotopic (exact) mass is 395 g/mol. The van der Waals surface area contributed by atoms with Crippen LogP contribution in [0.2, 0.25) is 5.02 Å². The number of halogens is 1. The van der Waals surface area contributed by atoms with E-state index in [0.717, 1.165) is 21.7 Å². The van der Waals surface area contributed by atoms with E-state index in [4.69, 9.17) is 11.6 Å². The van der Waals surface area contributed by atoms with E-state index in [1.54, 1.807) is 17.7 Å². The molecular weight excluding hydrogens is 378 g/mol. The Balaban J connectivity index is 1.75. The summed E-state index contributed by atoms with van der Waals surface area (Å²) >= 11 is 7.75. The van der Waals surface area contributed by atoms with Crippen LogP contribution in [-0.4, -0.2) is 9.55 Å². The summed E-state index contributed by atoms with van der Waals surface area (Å²) in [7, 11) is 1.74. The van der Waals surface area contributed by atoms with Crippen molar-refractivity contribution in [1.29, 1.82) is 0 Å². The third-order valence-corrected chi connectivity index (χ3v) is 5.50. The lowest BCUT2D eigenvalue weighted by molar-refractivity contribution is 0.908. The van der Waals surface area contributed by atoms with E-state index in [2.05, 4.69) is 42.3 Å². The Hall–Kier alpha value is -2.63. The molecule has 0 aliphatic heterocycles. The van der Waals surface area contributed by atoms with E-state index >= 15 is 0 Å². The van der Waals surface area contributed by atoms with Crippen LogP contribution in [0.15, 0.2) is 52.6 Å². The molecule has 2 aromatic heterocycles. The number of hydrogen-bond acceptors (Lipinski definition) is 4. The highest BCUT2D eigenvalue weighted by Crippen LogP contribution is 2.29. The second kappa shape index (κ2) is 6.83. The normalized spacial score (nSPS) is 11.1. The molecule has 4 nitrogen and oxygen atoms in total. The molecule has 0 fully saturated rings. The van der Waals surface area contributed by atoms with E-state index in [0.29, 0.717) is 16.3 Å². The Kier molecular flexibility index (Phi) is 4.50. The van der Waals surface area contributed by atoms with Gasteiger partial charge in [0.1, 0.15) is 0 Å². The molecule has 0 spiro atoms. The number of para-hydroxylation sites is 1. The van der Waals surface area contributed by atoms with Gasteiger partial charge in [0.2, 0.25) is 0 Å². The minimum atomic E-state index is -0.112. The summed E-state index contributed by atoms with van der Waals surface area (Å²) in [6, 6.07) is 13.8. The molecule has 136 valence electrons. The Bertz CT molecular complexity index is 1210. The molecule has 0 bridgehead atoms.